The zero-order valence-electron chi connectivity index (χ0n) is 8.92. The van der Waals surface area contributed by atoms with Gasteiger partial charge < -0.3 is 10.4 Å². The maximum absolute atomic E-state index is 11.2. The van der Waals surface area contributed by atoms with Crippen molar-refractivity contribution in [3.8, 4) is 0 Å². The fraction of sp³-hybridized carbons (Fsp3) is 0.900. The molecule has 0 heterocycles. The van der Waals surface area contributed by atoms with Crippen LogP contribution in [-0.4, -0.2) is 36.2 Å². The van der Waals surface area contributed by atoms with Crippen LogP contribution in [0.25, 0.3) is 0 Å². The van der Waals surface area contributed by atoms with E-state index in [0.717, 1.165) is 32.2 Å². The van der Waals surface area contributed by atoms with Crippen LogP contribution in [0.1, 0.15) is 32.1 Å². The number of aliphatic hydroxyl groups excluding tert-OH is 1. The monoisotopic (exact) mass is 219 g/mol. The molecule has 0 saturated heterocycles. The van der Waals surface area contributed by atoms with E-state index in [0.29, 0.717) is 6.42 Å². The number of nitrogens with one attached hydrogen (secondary N) is 1. The van der Waals surface area contributed by atoms with E-state index in [1.807, 2.05) is 11.8 Å². The smallest absolute Gasteiger partial charge is 0.219 e. The van der Waals surface area contributed by atoms with E-state index in [1.54, 1.807) is 0 Å². The summed E-state index contributed by atoms with van der Waals surface area (Å²) in [5.41, 5.74) is 0. The molecule has 0 aromatic rings. The van der Waals surface area contributed by atoms with E-state index in [4.69, 9.17) is 5.11 Å². The van der Waals surface area contributed by atoms with Crippen molar-refractivity contribution in [2.75, 3.05) is 25.2 Å². The van der Waals surface area contributed by atoms with E-state index in [2.05, 4.69) is 11.6 Å². The fourth-order valence-corrected chi connectivity index (χ4v) is 1.58. The molecule has 0 bridgehead atoms. The number of carbonyl (C=O) groups excluding carboxylic acids is 1. The summed E-state index contributed by atoms with van der Waals surface area (Å²) >= 11 is 1.84. The molecule has 2 N–H and O–H groups in total. The summed E-state index contributed by atoms with van der Waals surface area (Å²) in [5, 5.41) is 11.4. The summed E-state index contributed by atoms with van der Waals surface area (Å²) in [6.45, 7) is 0.972. The SMILES string of the molecule is CSCCCCNC(=O)CCCCO. The number of thioether (sulfide) groups is 1. The molecule has 0 aromatic heterocycles. The number of amides is 1. The lowest BCUT2D eigenvalue weighted by molar-refractivity contribution is -0.121. The van der Waals surface area contributed by atoms with Crippen LogP contribution in [0.5, 0.6) is 0 Å². The Morgan fingerprint density at radius 2 is 2.07 bits per heavy atom. The van der Waals surface area contributed by atoms with Gasteiger partial charge in [-0.1, -0.05) is 0 Å². The van der Waals surface area contributed by atoms with Gasteiger partial charge in [0.05, 0.1) is 0 Å². The van der Waals surface area contributed by atoms with Crippen molar-refractivity contribution in [3.63, 3.8) is 0 Å². The molecule has 0 aliphatic carbocycles. The van der Waals surface area contributed by atoms with E-state index >= 15 is 0 Å². The third-order valence-electron chi connectivity index (χ3n) is 1.91. The molecule has 0 aliphatic heterocycles. The second kappa shape index (κ2) is 10.9. The highest BCUT2D eigenvalue weighted by atomic mass is 32.2. The van der Waals surface area contributed by atoms with Crippen molar-refractivity contribution in [2.45, 2.75) is 32.1 Å². The standard InChI is InChI=1S/C10H21NO2S/c1-14-9-5-3-7-11-10(13)6-2-4-8-12/h12H,2-9H2,1H3,(H,11,13). The van der Waals surface area contributed by atoms with Gasteiger partial charge in [-0.05, 0) is 37.7 Å². The van der Waals surface area contributed by atoms with Crippen LogP contribution >= 0.6 is 11.8 Å². The van der Waals surface area contributed by atoms with Gasteiger partial charge in [0.2, 0.25) is 5.91 Å². The summed E-state index contributed by atoms with van der Waals surface area (Å²) in [6.07, 6.45) is 6.37. The first kappa shape index (κ1) is 13.8. The third kappa shape index (κ3) is 9.86. The molecule has 84 valence electrons. The van der Waals surface area contributed by atoms with E-state index < -0.39 is 0 Å². The molecular weight excluding hydrogens is 198 g/mol. The Hall–Kier alpha value is -0.220. The zero-order valence-corrected chi connectivity index (χ0v) is 9.74. The predicted molar refractivity (Wildman–Crippen MR) is 61.6 cm³/mol. The first-order valence-corrected chi connectivity index (χ1v) is 6.57. The quantitative estimate of drug-likeness (QED) is 0.576. The van der Waals surface area contributed by atoms with Gasteiger partial charge in [0.15, 0.2) is 0 Å². The highest BCUT2D eigenvalue weighted by Crippen LogP contribution is 1.98. The Morgan fingerprint density at radius 3 is 2.71 bits per heavy atom. The van der Waals surface area contributed by atoms with Crippen LogP contribution in [0.4, 0.5) is 0 Å². The largest absolute Gasteiger partial charge is 0.396 e. The van der Waals surface area contributed by atoms with Crippen LogP contribution < -0.4 is 5.32 Å². The highest BCUT2D eigenvalue weighted by Gasteiger charge is 1.99. The maximum Gasteiger partial charge on any atom is 0.219 e. The Kier molecular flexibility index (Phi) is 10.7. The first-order chi connectivity index (χ1) is 6.81. The summed E-state index contributed by atoms with van der Waals surface area (Å²) in [5.74, 6) is 1.28. The molecule has 3 nitrogen and oxygen atoms in total. The van der Waals surface area contributed by atoms with Gasteiger partial charge in [-0.2, -0.15) is 11.8 Å². The van der Waals surface area contributed by atoms with Crippen LogP contribution in [0.3, 0.4) is 0 Å². The molecule has 0 unspecified atom stereocenters. The molecule has 1 amide bonds. The Labute approximate surface area is 90.7 Å². The van der Waals surface area contributed by atoms with Gasteiger partial charge in [0.1, 0.15) is 0 Å². The lowest BCUT2D eigenvalue weighted by atomic mass is 10.2. The molecule has 4 heteroatoms. The number of carbonyl (C=O) groups is 1. The van der Waals surface area contributed by atoms with Crippen LogP contribution in [0, 0.1) is 0 Å². The predicted octanol–water partition coefficient (Wildman–Crippen LogP) is 1.41. The topological polar surface area (TPSA) is 49.3 Å². The molecule has 14 heavy (non-hydrogen) atoms. The molecule has 0 spiro atoms. The van der Waals surface area contributed by atoms with Gasteiger partial charge in [-0.3, -0.25) is 4.79 Å². The minimum absolute atomic E-state index is 0.114. The maximum atomic E-state index is 11.2. The van der Waals surface area contributed by atoms with E-state index in [1.165, 1.54) is 5.75 Å². The highest BCUT2D eigenvalue weighted by molar-refractivity contribution is 7.98. The Morgan fingerprint density at radius 1 is 1.29 bits per heavy atom. The van der Waals surface area contributed by atoms with Gasteiger partial charge in [0.25, 0.3) is 0 Å². The number of unbranched alkanes of at least 4 members (excludes halogenated alkanes) is 2. The molecule has 0 aliphatic rings. The summed E-state index contributed by atoms with van der Waals surface area (Å²) in [4.78, 5) is 11.2. The lowest BCUT2D eigenvalue weighted by Gasteiger charge is -2.03. The van der Waals surface area contributed by atoms with Crippen LogP contribution in [0.2, 0.25) is 0 Å². The number of hydrogen-bond donors (Lipinski definition) is 2. The van der Waals surface area contributed by atoms with Crippen LogP contribution in [-0.2, 0) is 4.79 Å². The summed E-state index contributed by atoms with van der Waals surface area (Å²) in [6, 6.07) is 0. The van der Waals surface area contributed by atoms with Crippen molar-refractivity contribution in [1.29, 1.82) is 0 Å². The molecule has 0 rings (SSSR count). The van der Waals surface area contributed by atoms with Gasteiger partial charge >= 0.3 is 0 Å². The molecule has 0 radical (unpaired) electrons. The van der Waals surface area contributed by atoms with Crippen LogP contribution in [0.15, 0.2) is 0 Å². The van der Waals surface area contributed by atoms with E-state index in [9.17, 15) is 4.79 Å². The molecule has 0 fully saturated rings. The molecular formula is C10H21NO2S. The second-order valence-electron chi connectivity index (χ2n) is 3.23. The van der Waals surface area contributed by atoms with E-state index in [-0.39, 0.29) is 12.5 Å². The first-order valence-electron chi connectivity index (χ1n) is 5.17. The van der Waals surface area contributed by atoms with Crippen molar-refractivity contribution >= 4 is 17.7 Å². The minimum atomic E-state index is 0.114. The number of rotatable bonds is 9. The molecule has 0 atom stereocenters. The second-order valence-corrected chi connectivity index (χ2v) is 4.22. The van der Waals surface area contributed by atoms with Crippen molar-refractivity contribution in [2.24, 2.45) is 0 Å². The summed E-state index contributed by atoms with van der Waals surface area (Å²) < 4.78 is 0. The third-order valence-corrected chi connectivity index (χ3v) is 2.61. The Balaban J connectivity index is 3.10. The number of aliphatic hydroxyl groups is 1. The Bertz CT molecular complexity index is 142. The average molecular weight is 219 g/mol. The van der Waals surface area contributed by atoms with Gasteiger partial charge in [0, 0.05) is 19.6 Å². The van der Waals surface area contributed by atoms with Crippen molar-refractivity contribution in [1.82, 2.24) is 5.32 Å². The normalized spacial score (nSPS) is 10.1. The number of hydrogen-bond acceptors (Lipinski definition) is 3. The lowest BCUT2D eigenvalue weighted by Crippen LogP contribution is -2.24. The van der Waals surface area contributed by atoms with Crippen molar-refractivity contribution < 1.29 is 9.90 Å². The van der Waals surface area contributed by atoms with Gasteiger partial charge in [-0.15, -0.1) is 0 Å². The zero-order chi connectivity index (χ0) is 10.6. The summed E-state index contributed by atoms with van der Waals surface area (Å²) in [7, 11) is 0. The van der Waals surface area contributed by atoms with Crippen molar-refractivity contribution in [3.05, 3.63) is 0 Å². The fourth-order valence-electron chi connectivity index (χ4n) is 1.08. The molecule has 0 aromatic carbocycles. The average Bonchev–Trinajstić information content (AvgIpc) is 2.18. The molecule has 0 saturated carbocycles. The minimum Gasteiger partial charge on any atom is -0.396 e. The van der Waals surface area contributed by atoms with Gasteiger partial charge in [-0.25, -0.2) is 0 Å².